The zero-order chi connectivity index (χ0) is 22.3. The Morgan fingerprint density at radius 1 is 1.09 bits per heavy atom. The third-order valence-corrected chi connectivity index (χ3v) is 4.98. The van der Waals surface area contributed by atoms with E-state index in [0.717, 1.165) is 0 Å². The molecule has 0 aliphatic carbocycles. The molecule has 0 radical (unpaired) electrons. The van der Waals surface area contributed by atoms with Crippen LogP contribution in [0.2, 0.25) is 0 Å². The Labute approximate surface area is 184 Å². The number of aromatic nitrogens is 1. The summed E-state index contributed by atoms with van der Waals surface area (Å²) in [7, 11) is 0. The molecule has 0 saturated carbocycles. The molecule has 1 saturated heterocycles. The molecule has 1 fully saturated rings. The Kier molecular flexibility index (Phi) is 6.76. The van der Waals surface area contributed by atoms with E-state index in [0.29, 0.717) is 67.7 Å². The largest absolute Gasteiger partial charge is 0.444 e. The summed E-state index contributed by atoms with van der Waals surface area (Å²) in [5.74, 6) is -0.0155. The van der Waals surface area contributed by atoms with Gasteiger partial charge in [-0.15, -0.1) is 0 Å². The number of nitrogens with one attached hydrogen (secondary N) is 2. The SMILES string of the molecule is O=C(NCCc1coc(-c2ccc(F)cc2)n1)Nc1cccc(C(=O)N2CCOCC2)c1. The molecule has 32 heavy (non-hydrogen) atoms. The highest BCUT2D eigenvalue weighted by molar-refractivity contribution is 5.97. The number of amides is 3. The molecule has 1 aliphatic rings. The fourth-order valence-corrected chi connectivity index (χ4v) is 3.31. The number of oxazole rings is 1. The number of nitrogens with zero attached hydrogens (tertiary/aromatic N) is 2. The fraction of sp³-hybridized carbons (Fsp3) is 0.261. The molecule has 8 nitrogen and oxygen atoms in total. The normalized spacial score (nSPS) is 13.6. The van der Waals surface area contributed by atoms with Crippen LogP contribution in [0.15, 0.2) is 59.2 Å². The van der Waals surface area contributed by atoms with Crippen molar-refractivity contribution in [3.8, 4) is 11.5 Å². The monoisotopic (exact) mass is 438 g/mol. The Morgan fingerprint density at radius 2 is 1.88 bits per heavy atom. The number of carbonyl (C=O) groups is 2. The minimum atomic E-state index is -0.386. The highest BCUT2D eigenvalue weighted by atomic mass is 19.1. The van der Waals surface area contributed by atoms with Crippen LogP contribution >= 0.6 is 0 Å². The summed E-state index contributed by atoms with van der Waals surface area (Å²) in [4.78, 5) is 30.9. The maximum absolute atomic E-state index is 13.0. The molecule has 3 amide bonds. The van der Waals surface area contributed by atoms with Gasteiger partial charge < -0.3 is 24.7 Å². The van der Waals surface area contributed by atoms with Crippen molar-refractivity contribution in [3.63, 3.8) is 0 Å². The Hall–Kier alpha value is -3.72. The third kappa shape index (κ3) is 5.50. The van der Waals surface area contributed by atoms with Crippen molar-refractivity contribution >= 4 is 17.6 Å². The predicted molar refractivity (Wildman–Crippen MR) is 116 cm³/mol. The van der Waals surface area contributed by atoms with Crippen LogP contribution in [0.1, 0.15) is 16.1 Å². The van der Waals surface area contributed by atoms with E-state index >= 15 is 0 Å². The first-order valence-electron chi connectivity index (χ1n) is 10.3. The number of anilines is 1. The smallest absolute Gasteiger partial charge is 0.319 e. The summed E-state index contributed by atoms with van der Waals surface area (Å²) in [6.07, 6.45) is 1.98. The molecule has 0 atom stereocenters. The van der Waals surface area contributed by atoms with E-state index in [1.807, 2.05) is 0 Å². The Balaban J connectivity index is 1.26. The Bertz CT molecular complexity index is 1080. The molecule has 2 N–H and O–H groups in total. The highest BCUT2D eigenvalue weighted by Gasteiger charge is 2.18. The van der Waals surface area contributed by atoms with Crippen LogP contribution in [0.4, 0.5) is 14.9 Å². The van der Waals surface area contributed by atoms with E-state index < -0.39 is 0 Å². The number of ether oxygens (including phenoxy) is 1. The molecule has 1 aliphatic heterocycles. The van der Waals surface area contributed by atoms with E-state index in [1.54, 1.807) is 41.3 Å². The molecule has 0 spiro atoms. The van der Waals surface area contributed by atoms with Crippen molar-refractivity contribution in [2.75, 3.05) is 38.2 Å². The van der Waals surface area contributed by atoms with Crippen molar-refractivity contribution < 1.29 is 23.1 Å². The van der Waals surface area contributed by atoms with Crippen molar-refractivity contribution in [1.29, 1.82) is 0 Å². The van der Waals surface area contributed by atoms with Gasteiger partial charge in [-0.3, -0.25) is 4.79 Å². The van der Waals surface area contributed by atoms with Crippen molar-refractivity contribution in [3.05, 3.63) is 71.9 Å². The number of benzene rings is 2. The zero-order valence-corrected chi connectivity index (χ0v) is 17.3. The van der Waals surface area contributed by atoms with Gasteiger partial charge in [0, 0.05) is 42.9 Å². The van der Waals surface area contributed by atoms with Gasteiger partial charge in [0.15, 0.2) is 0 Å². The maximum atomic E-state index is 13.0. The average Bonchev–Trinajstić information content (AvgIpc) is 3.29. The second-order valence-electron chi connectivity index (χ2n) is 7.27. The highest BCUT2D eigenvalue weighted by Crippen LogP contribution is 2.19. The lowest BCUT2D eigenvalue weighted by Crippen LogP contribution is -2.40. The molecular weight excluding hydrogens is 415 g/mol. The van der Waals surface area contributed by atoms with Gasteiger partial charge in [-0.1, -0.05) is 6.07 Å². The van der Waals surface area contributed by atoms with E-state index in [-0.39, 0.29) is 17.8 Å². The van der Waals surface area contributed by atoms with Gasteiger partial charge >= 0.3 is 6.03 Å². The molecule has 4 rings (SSSR count). The fourth-order valence-electron chi connectivity index (χ4n) is 3.31. The summed E-state index contributed by atoms with van der Waals surface area (Å²) in [6, 6.07) is 12.3. The summed E-state index contributed by atoms with van der Waals surface area (Å²) in [6.45, 7) is 2.52. The van der Waals surface area contributed by atoms with Crippen molar-refractivity contribution in [2.45, 2.75) is 6.42 Å². The Morgan fingerprint density at radius 3 is 2.66 bits per heavy atom. The van der Waals surface area contributed by atoms with Crippen LogP contribution in [0, 0.1) is 5.82 Å². The molecule has 1 aromatic heterocycles. The predicted octanol–water partition coefficient (Wildman–Crippen LogP) is 3.32. The molecule has 2 aromatic carbocycles. The van der Waals surface area contributed by atoms with Gasteiger partial charge in [0.25, 0.3) is 5.91 Å². The molecular formula is C23H23FN4O4. The molecule has 166 valence electrons. The number of carbonyl (C=O) groups excluding carboxylic acids is 2. The lowest BCUT2D eigenvalue weighted by atomic mass is 10.1. The summed E-state index contributed by atoms with van der Waals surface area (Å²) >= 11 is 0. The standard InChI is InChI=1S/C23H23FN4O4/c24-18-6-4-16(5-7-18)21-26-20(15-32-21)8-9-25-23(30)27-19-3-1-2-17(14-19)22(29)28-10-12-31-13-11-28/h1-7,14-15H,8-13H2,(H2,25,27,30). The van der Waals surface area contributed by atoms with Gasteiger partial charge in [-0.2, -0.15) is 0 Å². The minimum Gasteiger partial charge on any atom is -0.444 e. The van der Waals surface area contributed by atoms with E-state index in [9.17, 15) is 14.0 Å². The lowest BCUT2D eigenvalue weighted by Gasteiger charge is -2.27. The van der Waals surface area contributed by atoms with E-state index in [1.165, 1.54) is 18.4 Å². The molecule has 2 heterocycles. The third-order valence-electron chi connectivity index (χ3n) is 4.98. The van der Waals surface area contributed by atoms with Gasteiger partial charge in [0.1, 0.15) is 12.1 Å². The maximum Gasteiger partial charge on any atom is 0.319 e. The summed E-state index contributed by atoms with van der Waals surface area (Å²) in [5.41, 5.74) is 2.39. The van der Waals surface area contributed by atoms with Crippen LogP contribution in [0.25, 0.3) is 11.5 Å². The second-order valence-corrected chi connectivity index (χ2v) is 7.27. The molecule has 3 aromatic rings. The number of hydrogen-bond donors (Lipinski definition) is 2. The van der Waals surface area contributed by atoms with E-state index in [4.69, 9.17) is 9.15 Å². The van der Waals surface area contributed by atoms with Crippen molar-refractivity contribution in [1.82, 2.24) is 15.2 Å². The number of rotatable bonds is 6. The topological polar surface area (TPSA) is 96.7 Å². The lowest BCUT2D eigenvalue weighted by molar-refractivity contribution is 0.0303. The average molecular weight is 438 g/mol. The van der Waals surface area contributed by atoms with Crippen LogP contribution in [0.5, 0.6) is 0 Å². The first-order valence-corrected chi connectivity index (χ1v) is 10.3. The molecule has 0 unspecified atom stereocenters. The van der Waals surface area contributed by atoms with Gasteiger partial charge in [-0.05, 0) is 42.5 Å². The van der Waals surface area contributed by atoms with Crippen molar-refractivity contribution in [2.24, 2.45) is 0 Å². The van der Waals surface area contributed by atoms with Crippen LogP contribution in [-0.2, 0) is 11.2 Å². The molecule has 0 bridgehead atoms. The van der Waals surface area contributed by atoms with Crippen LogP contribution in [0.3, 0.4) is 0 Å². The van der Waals surface area contributed by atoms with Crippen LogP contribution in [-0.4, -0.2) is 54.7 Å². The number of urea groups is 1. The first-order chi connectivity index (χ1) is 15.6. The van der Waals surface area contributed by atoms with E-state index in [2.05, 4.69) is 15.6 Å². The van der Waals surface area contributed by atoms with Gasteiger partial charge in [-0.25, -0.2) is 14.2 Å². The number of hydrogen-bond acceptors (Lipinski definition) is 5. The molecule has 9 heteroatoms. The summed E-state index contributed by atoms with van der Waals surface area (Å²) < 4.78 is 23.7. The number of halogens is 1. The number of morpholine rings is 1. The van der Waals surface area contributed by atoms with Gasteiger partial charge in [0.05, 0.1) is 18.9 Å². The second kappa shape index (κ2) is 10.1. The summed E-state index contributed by atoms with van der Waals surface area (Å²) in [5, 5.41) is 5.49. The minimum absolute atomic E-state index is 0.0830. The van der Waals surface area contributed by atoms with Gasteiger partial charge in [0.2, 0.25) is 5.89 Å². The van der Waals surface area contributed by atoms with Crippen LogP contribution < -0.4 is 10.6 Å². The zero-order valence-electron chi connectivity index (χ0n) is 17.3. The quantitative estimate of drug-likeness (QED) is 0.616. The first kappa shape index (κ1) is 21.5.